The highest BCUT2D eigenvalue weighted by Gasteiger charge is 2.25. The number of amides is 1. The smallest absolute Gasteiger partial charge is 0.275 e. The van der Waals surface area contributed by atoms with Gasteiger partial charge in [0.2, 0.25) is 0 Å². The summed E-state index contributed by atoms with van der Waals surface area (Å²) in [6.45, 7) is 0. The van der Waals surface area contributed by atoms with Gasteiger partial charge in [-0.2, -0.15) is 0 Å². The molecule has 0 aromatic heterocycles. The second kappa shape index (κ2) is 4.45. The predicted molar refractivity (Wildman–Crippen MR) is 73.2 cm³/mol. The fraction of sp³-hybridized carbons (Fsp3) is 0. The lowest BCUT2D eigenvalue weighted by molar-refractivity contribution is -0.110. The van der Waals surface area contributed by atoms with Crippen molar-refractivity contribution in [2.75, 3.05) is 5.32 Å². The fourth-order valence-corrected chi connectivity index (χ4v) is 1.97. The molecule has 92 valence electrons. The van der Waals surface area contributed by atoms with Gasteiger partial charge in [-0.25, -0.2) is 4.99 Å². The number of carbonyl (C=O) groups is 1. The molecule has 2 aromatic rings. The number of hydrogen-bond donors (Lipinski definition) is 1. The Labute approximate surface area is 109 Å². The number of hydrogen-bond acceptors (Lipinski definition) is 4. The Morgan fingerprint density at radius 1 is 0.895 bits per heavy atom. The van der Waals surface area contributed by atoms with Gasteiger partial charge in [-0.1, -0.05) is 30.3 Å². The number of carbonyl (C=O) groups excluding carboxylic acids is 1. The molecule has 0 unspecified atom stereocenters. The van der Waals surface area contributed by atoms with E-state index in [9.17, 15) is 9.70 Å². The van der Waals surface area contributed by atoms with E-state index < -0.39 is 0 Å². The average Bonchev–Trinajstić information content (AvgIpc) is 2.76. The third-order valence-corrected chi connectivity index (χ3v) is 2.86. The van der Waals surface area contributed by atoms with Crippen LogP contribution in [-0.2, 0) is 4.79 Å². The van der Waals surface area contributed by atoms with Crippen LogP contribution in [-0.4, -0.2) is 11.6 Å². The standard InChI is InChI=1S/C14H9N3O2/c18-14-13(9-5-1-2-6-10(9)16-14)15-11-7-3-4-8-12(11)17-19/h1-8H,(H,15,16,18). The van der Waals surface area contributed by atoms with E-state index in [4.69, 9.17) is 0 Å². The first-order chi connectivity index (χ1) is 9.29. The number of benzene rings is 2. The van der Waals surface area contributed by atoms with Crippen molar-refractivity contribution in [3.8, 4) is 0 Å². The highest BCUT2D eigenvalue weighted by Crippen LogP contribution is 2.30. The lowest BCUT2D eigenvalue weighted by Crippen LogP contribution is -2.13. The number of nitrogens with one attached hydrogen (secondary N) is 1. The van der Waals surface area contributed by atoms with Crippen LogP contribution in [0.2, 0.25) is 0 Å². The van der Waals surface area contributed by atoms with E-state index in [1.54, 1.807) is 30.3 Å². The van der Waals surface area contributed by atoms with Crippen LogP contribution in [0.4, 0.5) is 17.1 Å². The molecule has 0 radical (unpaired) electrons. The largest absolute Gasteiger partial charge is 0.320 e. The number of anilines is 1. The van der Waals surface area contributed by atoms with Crippen LogP contribution in [0.25, 0.3) is 0 Å². The Kier molecular flexibility index (Phi) is 2.64. The summed E-state index contributed by atoms with van der Waals surface area (Å²) < 4.78 is 0. The van der Waals surface area contributed by atoms with Gasteiger partial charge in [0.05, 0.1) is 11.4 Å². The van der Waals surface area contributed by atoms with Crippen molar-refractivity contribution in [3.63, 3.8) is 0 Å². The van der Waals surface area contributed by atoms with Gasteiger partial charge in [-0.15, -0.1) is 4.91 Å². The zero-order valence-electron chi connectivity index (χ0n) is 9.83. The van der Waals surface area contributed by atoms with Crippen molar-refractivity contribution < 1.29 is 4.79 Å². The van der Waals surface area contributed by atoms with Crippen LogP contribution in [0, 0.1) is 4.91 Å². The molecular formula is C14H9N3O2. The SMILES string of the molecule is O=Nc1ccccc1/N=C1\C(=O)Nc2ccccc21. The van der Waals surface area contributed by atoms with Crippen LogP contribution < -0.4 is 5.32 Å². The maximum absolute atomic E-state index is 11.9. The van der Waals surface area contributed by atoms with Crippen molar-refractivity contribution in [3.05, 3.63) is 59.0 Å². The molecule has 0 aliphatic carbocycles. The molecule has 5 nitrogen and oxygen atoms in total. The quantitative estimate of drug-likeness (QED) is 0.833. The van der Waals surface area contributed by atoms with Crippen molar-refractivity contribution >= 4 is 28.7 Å². The predicted octanol–water partition coefficient (Wildman–Crippen LogP) is 3.16. The van der Waals surface area contributed by atoms with Crippen LogP contribution >= 0.6 is 0 Å². The van der Waals surface area contributed by atoms with Crippen molar-refractivity contribution in [2.45, 2.75) is 0 Å². The highest BCUT2D eigenvalue weighted by atomic mass is 16.3. The van der Waals surface area contributed by atoms with Crippen molar-refractivity contribution in [1.82, 2.24) is 0 Å². The first-order valence-electron chi connectivity index (χ1n) is 5.71. The molecule has 1 heterocycles. The molecule has 1 aliphatic rings. The zero-order valence-corrected chi connectivity index (χ0v) is 9.83. The van der Waals surface area contributed by atoms with Gasteiger partial charge in [0.1, 0.15) is 11.4 Å². The van der Waals surface area contributed by atoms with Gasteiger partial charge in [0.15, 0.2) is 0 Å². The first kappa shape index (κ1) is 11.3. The summed E-state index contributed by atoms with van der Waals surface area (Å²) in [5.41, 5.74) is 2.36. The second-order valence-electron chi connectivity index (χ2n) is 4.04. The van der Waals surface area contributed by atoms with E-state index in [2.05, 4.69) is 15.5 Å². The van der Waals surface area contributed by atoms with Crippen LogP contribution in [0.1, 0.15) is 5.56 Å². The molecule has 0 saturated heterocycles. The topological polar surface area (TPSA) is 70.9 Å². The average molecular weight is 251 g/mol. The summed E-state index contributed by atoms with van der Waals surface area (Å²) in [4.78, 5) is 26.9. The third kappa shape index (κ3) is 1.91. The van der Waals surface area contributed by atoms with E-state index in [1.807, 2.05) is 18.2 Å². The fourth-order valence-electron chi connectivity index (χ4n) is 1.97. The van der Waals surface area contributed by atoms with E-state index in [1.165, 1.54) is 0 Å². The summed E-state index contributed by atoms with van der Waals surface area (Å²) in [7, 11) is 0. The zero-order chi connectivity index (χ0) is 13.2. The van der Waals surface area contributed by atoms with Gasteiger partial charge in [0, 0.05) is 5.56 Å². The number of rotatable bonds is 2. The van der Waals surface area contributed by atoms with Gasteiger partial charge >= 0.3 is 0 Å². The highest BCUT2D eigenvalue weighted by molar-refractivity contribution is 6.54. The Balaban J connectivity index is 2.14. The molecule has 0 saturated carbocycles. The van der Waals surface area contributed by atoms with Crippen molar-refractivity contribution in [1.29, 1.82) is 0 Å². The minimum atomic E-state index is -0.276. The van der Waals surface area contributed by atoms with E-state index in [0.29, 0.717) is 11.4 Å². The number of para-hydroxylation sites is 2. The molecule has 0 bridgehead atoms. The van der Waals surface area contributed by atoms with Gasteiger partial charge in [0.25, 0.3) is 5.91 Å². The first-order valence-corrected chi connectivity index (χ1v) is 5.71. The van der Waals surface area contributed by atoms with Crippen molar-refractivity contribution in [2.24, 2.45) is 10.2 Å². The molecule has 19 heavy (non-hydrogen) atoms. The van der Waals surface area contributed by atoms with Gasteiger partial charge in [-0.3, -0.25) is 4.79 Å². The summed E-state index contributed by atoms with van der Waals surface area (Å²) in [6.07, 6.45) is 0. The second-order valence-corrected chi connectivity index (χ2v) is 4.04. The summed E-state index contributed by atoms with van der Waals surface area (Å²) in [5, 5.41) is 5.63. The number of nitroso groups, excluding NO2 is 1. The maximum atomic E-state index is 11.9. The maximum Gasteiger partial charge on any atom is 0.275 e. The number of fused-ring (bicyclic) bond motifs is 1. The third-order valence-electron chi connectivity index (χ3n) is 2.86. The molecule has 0 fully saturated rings. The molecule has 1 aliphatic heterocycles. The molecule has 3 rings (SSSR count). The molecule has 1 amide bonds. The summed E-state index contributed by atoms with van der Waals surface area (Å²) >= 11 is 0. The number of aliphatic imine (C=N–C) groups is 1. The lowest BCUT2D eigenvalue weighted by Gasteiger charge is -1.99. The van der Waals surface area contributed by atoms with Crippen LogP contribution in [0.3, 0.4) is 0 Å². The minimum absolute atomic E-state index is 0.215. The molecular weight excluding hydrogens is 242 g/mol. The summed E-state index contributed by atoms with van der Waals surface area (Å²) in [6, 6.07) is 13.9. The Bertz CT molecular complexity index is 707. The minimum Gasteiger partial charge on any atom is -0.320 e. The molecule has 0 spiro atoms. The van der Waals surface area contributed by atoms with E-state index in [-0.39, 0.29) is 11.6 Å². The number of nitrogens with zero attached hydrogens (tertiary/aromatic N) is 2. The monoisotopic (exact) mass is 251 g/mol. The molecule has 0 atom stereocenters. The van der Waals surface area contributed by atoms with Gasteiger partial charge in [-0.05, 0) is 23.4 Å². The molecule has 1 N–H and O–H groups in total. The van der Waals surface area contributed by atoms with Gasteiger partial charge < -0.3 is 5.32 Å². The van der Waals surface area contributed by atoms with E-state index in [0.717, 1.165) is 11.3 Å². The Morgan fingerprint density at radius 2 is 1.58 bits per heavy atom. The Morgan fingerprint density at radius 3 is 2.37 bits per heavy atom. The molecule has 2 aromatic carbocycles. The summed E-state index contributed by atoms with van der Waals surface area (Å²) in [5.74, 6) is -0.276. The molecule has 5 heteroatoms. The lowest BCUT2D eigenvalue weighted by atomic mass is 10.1. The normalized spacial score (nSPS) is 15.2. The van der Waals surface area contributed by atoms with Crippen LogP contribution in [0.15, 0.2) is 58.7 Å². The Hall–Kier alpha value is -2.82. The van der Waals surface area contributed by atoms with Crippen LogP contribution in [0.5, 0.6) is 0 Å². The van der Waals surface area contributed by atoms with E-state index >= 15 is 0 Å².